The van der Waals surface area contributed by atoms with Gasteiger partial charge >= 0.3 is 24.7 Å². The van der Waals surface area contributed by atoms with Gasteiger partial charge in [0.1, 0.15) is 5.69 Å². The van der Waals surface area contributed by atoms with Crippen molar-refractivity contribution in [3.8, 4) is 20.9 Å². The summed E-state index contributed by atoms with van der Waals surface area (Å²) >= 11 is 2.73. The normalized spacial score (nSPS) is 13.8. The molecular formula is C32H20F12N4S3. The minimum absolute atomic E-state index is 0.0499. The maximum Gasteiger partial charge on any atom is 0.417 e. The SMILES string of the molecule is CNC(=C\c1ccc(-c2ccc(C(F)(F)F)c(C(F)(F)F)c2)s1)/C(N)=C(/c1ccc(-c2ccc(C(F)(F)F)c(C(F)(F)F)c2)s1)c1nsnc1C. The van der Waals surface area contributed by atoms with Crippen LogP contribution in [0.3, 0.4) is 0 Å². The van der Waals surface area contributed by atoms with Crippen molar-refractivity contribution in [2.45, 2.75) is 31.6 Å². The molecule has 4 nitrogen and oxygen atoms in total. The number of rotatable bonds is 7. The predicted octanol–water partition coefficient (Wildman–Crippen LogP) is 11.4. The zero-order valence-electron chi connectivity index (χ0n) is 25.6. The molecule has 3 aromatic heterocycles. The first-order valence-corrected chi connectivity index (χ1v) is 16.4. The molecule has 0 unspecified atom stereocenters. The van der Waals surface area contributed by atoms with Gasteiger partial charge in [-0.1, -0.05) is 12.1 Å². The van der Waals surface area contributed by atoms with Crippen molar-refractivity contribution in [2.24, 2.45) is 5.73 Å². The number of alkyl halides is 12. The summed E-state index contributed by atoms with van der Waals surface area (Å²) in [6, 6.07) is 9.29. The number of halogens is 12. The van der Waals surface area contributed by atoms with Crippen molar-refractivity contribution >= 4 is 46.1 Å². The van der Waals surface area contributed by atoms with Crippen molar-refractivity contribution in [3.05, 3.63) is 115 Å². The third kappa shape index (κ3) is 8.09. The number of likely N-dealkylation sites (N-methyl/N-ethyl adjacent to an activating group) is 1. The van der Waals surface area contributed by atoms with Gasteiger partial charge in [-0.05, 0) is 72.7 Å². The maximum absolute atomic E-state index is 13.6. The fourth-order valence-corrected chi connectivity index (χ4v) is 7.53. The molecule has 0 saturated heterocycles. The molecule has 2 aromatic carbocycles. The van der Waals surface area contributed by atoms with E-state index in [9.17, 15) is 52.7 Å². The quantitative estimate of drug-likeness (QED) is 0.127. The molecule has 51 heavy (non-hydrogen) atoms. The van der Waals surface area contributed by atoms with E-state index in [4.69, 9.17) is 5.73 Å². The average molecular weight is 785 g/mol. The second-order valence-corrected chi connectivity index (χ2v) is 13.4. The molecule has 0 saturated carbocycles. The number of thiophene rings is 2. The van der Waals surface area contributed by atoms with Crippen molar-refractivity contribution in [1.29, 1.82) is 0 Å². The van der Waals surface area contributed by atoms with E-state index in [2.05, 4.69) is 14.1 Å². The zero-order valence-corrected chi connectivity index (χ0v) is 28.0. The first-order chi connectivity index (χ1) is 23.6. The van der Waals surface area contributed by atoms with Crippen LogP contribution in [0.1, 0.15) is 43.4 Å². The monoisotopic (exact) mass is 784 g/mol. The fourth-order valence-electron chi connectivity index (χ4n) is 4.97. The van der Waals surface area contributed by atoms with E-state index in [0.717, 1.165) is 46.5 Å². The second-order valence-electron chi connectivity index (χ2n) is 10.7. The fraction of sp³-hybridized carbons (Fsp3) is 0.188. The van der Waals surface area contributed by atoms with Gasteiger partial charge < -0.3 is 11.1 Å². The van der Waals surface area contributed by atoms with E-state index < -0.39 is 47.0 Å². The Morgan fingerprint density at radius 1 is 0.647 bits per heavy atom. The molecule has 5 rings (SSSR count). The van der Waals surface area contributed by atoms with E-state index in [0.29, 0.717) is 45.4 Å². The molecule has 0 atom stereocenters. The third-order valence-corrected chi connectivity index (χ3v) is 10.2. The molecule has 0 amide bonds. The van der Waals surface area contributed by atoms with Gasteiger partial charge in [0.2, 0.25) is 0 Å². The van der Waals surface area contributed by atoms with Crippen LogP contribution in [0.5, 0.6) is 0 Å². The Bertz CT molecular complexity index is 2130. The highest BCUT2D eigenvalue weighted by Gasteiger charge is 2.44. The molecule has 0 fully saturated rings. The summed E-state index contributed by atoms with van der Waals surface area (Å²) in [6.07, 6.45) is -19.5. The van der Waals surface area contributed by atoms with Crippen LogP contribution in [0, 0.1) is 6.92 Å². The number of hydrogen-bond acceptors (Lipinski definition) is 7. The predicted molar refractivity (Wildman–Crippen MR) is 171 cm³/mol. The first kappa shape index (κ1) is 37.9. The van der Waals surface area contributed by atoms with Gasteiger partial charge in [-0.3, -0.25) is 0 Å². The van der Waals surface area contributed by atoms with Crippen LogP contribution >= 0.6 is 34.4 Å². The Morgan fingerprint density at radius 2 is 1.14 bits per heavy atom. The number of nitrogens with two attached hydrogens (primary N) is 1. The van der Waals surface area contributed by atoms with Gasteiger partial charge in [0.05, 0.1) is 51.1 Å². The van der Waals surface area contributed by atoms with E-state index >= 15 is 0 Å². The summed E-state index contributed by atoms with van der Waals surface area (Å²) in [4.78, 5) is 1.19. The lowest BCUT2D eigenvalue weighted by Crippen LogP contribution is -2.16. The van der Waals surface area contributed by atoms with Crippen molar-refractivity contribution in [1.82, 2.24) is 14.1 Å². The number of benzene rings is 2. The number of nitrogens with one attached hydrogen (secondary N) is 1. The summed E-state index contributed by atoms with van der Waals surface area (Å²) in [7, 11) is 1.50. The van der Waals surface area contributed by atoms with E-state index in [-0.39, 0.29) is 37.8 Å². The van der Waals surface area contributed by atoms with Crippen LogP contribution in [0.25, 0.3) is 32.5 Å². The van der Waals surface area contributed by atoms with Crippen molar-refractivity contribution < 1.29 is 52.7 Å². The summed E-state index contributed by atoms with van der Waals surface area (Å²) in [5.74, 6) is 0. The van der Waals surface area contributed by atoms with Crippen LogP contribution in [0.15, 0.2) is 72.1 Å². The number of aryl methyl sites for hydroxylation is 1. The Hall–Kier alpha value is -4.36. The van der Waals surface area contributed by atoms with Gasteiger partial charge in [-0.15, -0.1) is 22.7 Å². The van der Waals surface area contributed by atoms with Crippen LogP contribution in [-0.4, -0.2) is 15.8 Å². The first-order valence-electron chi connectivity index (χ1n) is 14.1. The largest absolute Gasteiger partial charge is 0.417 e. The molecule has 0 bridgehead atoms. The summed E-state index contributed by atoms with van der Waals surface area (Å²) in [5, 5.41) is 2.91. The lowest BCUT2D eigenvalue weighted by molar-refractivity contribution is -0.162. The Labute approximate surface area is 292 Å². The minimum Gasteiger partial charge on any atom is -0.396 e. The van der Waals surface area contributed by atoms with Gasteiger partial charge in [-0.2, -0.15) is 61.4 Å². The highest BCUT2D eigenvalue weighted by molar-refractivity contribution is 7.17. The zero-order chi connectivity index (χ0) is 37.7. The molecular weight excluding hydrogens is 765 g/mol. The lowest BCUT2D eigenvalue weighted by atomic mass is 10.0. The van der Waals surface area contributed by atoms with Crippen molar-refractivity contribution in [2.75, 3.05) is 7.05 Å². The lowest BCUT2D eigenvalue weighted by Gasteiger charge is -2.16. The molecule has 3 heterocycles. The Balaban J connectivity index is 1.58. The molecule has 0 radical (unpaired) electrons. The summed E-state index contributed by atoms with van der Waals surface area (Å²) in [5.41, 5.74) is 0.370. The van der Waals surface area contributed by atoms with E-state index in [1.807, 2.05) is 0 Å². The van der Waals surface area contributed by atoms with Gasteiger partial charge in [0, 0.05) is 32.1 Å². The molecule has 0 spiro atoms. The Kier molecular flexibility index (Phi) is 10.1. The number of aromatic nitrogens is 2. The highest BCUT2D eigenvalue weighted by atomic mass is 32.1. The molecule has 0 aliphatic rings. The standard InChI is InChI=1S/C32H20F12N4S3/c1-14-28(48-51-47-14)26(25-10-9-24(50-25)16-4-7-19(30(36,37)38)21(12-16)32(42,43)44)27(45)22(46-2)13-17-5-8-23(49-17)15-3-6-18(29(33,34)35)20(11-15)31(39,40)41/h3-13,46H,45H2,1-2H3/b22-13-,27-26+. The van der Waals surface area contributed by atoms with Gasteiger partial charge in [0.25, 0.3) is 0 Å². The van der Waals surface area contributed by atoms with Crippen molar-refractivity contribution in [3.63, 3.8) is 0 Å². The molecule has 3 N–H and O–H groups in total. The number of nitrogens with zero attached hydrogens (tertiary/aromatic N) is 2. The molecule has 0 aliphatic carbocycles. The van der Waals surface area contributed by atoms with Crippen LogP contribution < -0.4 is 11.1 Å². The van der Waals surface area contributed by atoms with Crippen LogP contribution in [0.2, 0.25) is 0 Å². The molecule has 5 aromatic rings. The number of hydrogen-bond donors (Lipinski definition) is 2. The maximum atomic E-state index is 13.6. The average Bonchev–Trinajstić information content (AvgIpc) is 3.80. The van der Waals surface area contributed by atoms with E-state index in [1.165, 1.54) is 37.4 Å². The Morgan fingerprint density at radius 3 is 1.59 bits per heavy atom. The molecule has 0 aliphatic heterocycles. The molecule has 270 valence electrons. The smallest absolute Gasteiger partial charge is 0.396 e. The highest BCUT2D eigenvalue weighted by Crippen LogP contribution is 2.45. The minimum atomic E-state index is -5.29. The van der Waals surface area contributed by atoms with Crippen LogP contribution in [-0.2, 0) is 24.7 Å². The van der Waals surface area contributed by atoms with Gasteiger partial charge in [0.15, 0.2) is 0 Å². The van der Waals surface area contributed by atoms with Crippen LogP contribution in [0.4, 0.5) is 52.7 Å². The summed E-state index contributed by atoms with van der Waals surface area (Å²) in [6.45, 7) is 1.62. The molecule has 19 heteroatoms. The van der Waals surface area contributed by atoms with Gasteiger partial charge in [-0.25, -0.2) is 0 Å². The second kappa shape index (κ2) is 13.6. The third-order valence-electron chi connectivity index (χ3n) is 7.31. The summed E-state index contributed by atoms with van der Waals surface area (Å²) < 4.78 is 170. The topological polar surface area (TPSA) is 63.8 Å². The van der Waals surface area contributed by atoms with E-state index in [1.54, 1.807) is 6.92 Å².